The summed E-state index contributed by atoms with van der Waals surface area (Å²) in [6.45, 7) is 1.90. The maximum absolute atomic E-state index is 11.8. The molecule has 1 atom stereocenters. The van der Waals surface area contributed by atoms with Gasteiger partial charge >= 0.3 is 5.97 Å². The minimum atomic E-state index is -1.16. The van der Waals surface area contributed by atoms with Gasteiger partial charge in [0.2, 0.25) is 5.89 Å². The van der Waals surface area contributed by atoms with E-state index in [1.807, 2.05) is 85.8 Å². The molecule has 1 heterocycles. The zero-order chi connectivity index (χ0) is 25.7. The highest BCUT2D eigenvalue weighted by molar-refractivity contribution is 5.80. The lowest BCUT2D eigenvalue weighted by Crippen LogP contribution is -2.30. The maximum atomic E-state index is 11.8. The molecule has 0 amide bonds. The average molecular weight is 496 g/mol. The van der Waals surface area contributed by atoms with E-state index in [4.69, 9.17) is 19.2 Å². The number of oxazole rings is 1. The topological polar surface area (TPSA) is 81.8 Å². The third-order valence-corrected chi connectivity index (χ3v) is 6.43. The summed E-state index contributed by atoms with van der Waals surface area (Å²) in [6.07, 6.45) is 4.57. The van der Waals surface area contributed by atoms with E-state index in [0.717, 1.165) is 22.4 Å². The van der Waals surface area contributed by atoms with Crippen molar-refractivity contribution in [2.45, 2.75) is 44.6 Å². The monoisotopic (exact) mass is 495 g/mol. The molecular formula is C31H29NO5. The first-order valence-corrected chi connectivity index (χ1v) is 12.6. The SMILES string of the molecule is CCCC(=O)OOc1cccc(C[C@@]2(O)CCC=C2c2nc(-c3ccccc3)c(-c3ccccc3)o2)c1. The van der Waals surface area contributed by atoms with Crippen LogP contribution in [0.2, 0.25) is 0 Å². The molecule has 0 radical (unpaired) electrons. The van der Waals surface area contributed by atoms with Gasteiger partial charge in [0.25, 0.3) is 0 Å². The Kier molecular flexibility index (Phi) is 7.19. The highest BCUT2D eigenvalue weighted by Gasteiger charge is 2.39. The largest absolute Gasteiger partial charge is 0.436 e. The molecule has 6 heteroatoms. The minimum absolute atomic E-state index is 0.291. The molecule has 1 aromatic heterocycles. The number of aromatic nitrogens is 1. The van der Waals surface area contributed by atoms with Crippen LogP contribution in [0.25, 0.3) is 28.2 Å². The molecule has 1 N–H and O–H groups in total. The van der Waals surface area contributed by atoms with Gasteiger partial charge in [0.15, 0.2) is 11.5 Å². The highest BCUT2D eigenvalue weighted by Crippen LogP contribution is 2.43. The Balaban J connectivity index is 1.43. The number of hydrogen-bond acceptors (Lipinski definition) is 6. The fourth-order valence-electron chi connectivity index (χ4n) is 4.65. The molecule has 6 nitrogen and oxygen atoms in total. The van der Waals surface area contributed by atoms with Crippen LogP contribution >= 0.6 is 0 Å². The van der Waals surface area contributed by atoms with Crippen LogP contribution in [0.15, 0.2) is 95.4 Å². The molecule has 0 spiro atoms. The lowest BCUT2D eigenvalue weighted by Gasteiger charge is -2.25. The molecule has 3 aromatic carbocycles. The zero-order valence-corrected chi connectivity index (χ0v) is 20.7. The van der Waals surface area contributed by atoms with Crippen LogP contribution in [0.5, 0.6) is 5.75 Å². The molecule has 0 saturated carbocycles. The lowest BCUT2D eigenvalue weighted by molar-refractivity contribution is -0.213. The van der Waals surface area contributed by atoms with Gasteiger partial charge in [-0.2, -0.15) is 0 Å². The molecule has 4 aromatic rings. The van der Waals surface area contributed by atoms with Crippen molar-refractivity contribution >= 4 is 11.5 Å². The second-order valence-electron chi connectivity index (χ2n) is 9.23. The number of rotatable bonds is 9. The molecular weight excluding hydrogens is 466 g/mol. The van der Waals surface area contributed by atoms with Crippen LogP contribution in [0, 0.1) is 0 Å². The Bertz CT molecular complexity index is 1340. The summed E-state index contributed by atoms with van der Waals surface area (Å²) < 4.78 is 6.36. The van der Waals surface area contributed by atoms with Gasteiger partial charge < -0.3 is 9.52 Å². The number of aliphatic hydroxyl groups is 1. The van der Waals surface area contributed by atoms with E-state index < -0.39 is 11.6 Å². The van der Waals surface area contributed by atoms with Crippen LogP contribution in [0.4, 0.5) is 0 Å². The Morgan fingerprint density at radius 2 is 1.73 bits per heavy atom. The zero-order valence-electron chi connectivity index (χ0n) is 20.7. The summed E-state index contributed by atoms with van der Waals surface area (Å²) in [5.41, 5.74) is 2.96. The van der Waals surface area contributed by atoms with E-state index in [9.17, 15) is 9.90 Å². The smallest absolute Gasteiger partial charge is 0.355 e. The van der Waals surface area contributed by atoms with E-state index in [1.165, 1.54) is 0 Å². The van der Waals surface area contributed by atoms with Crippen LogP contribution in [-0.4, -0.2) is 21.7 Å². The van der Waals surface area contributed by atoms with Crippen LogP contribution < -0.4 is 4.89 Å². The van der Waals surface area contributed by atoms with Gasteiger partial charge in [0.05, 0.1) is 5.60 Å². The van der Waals surface area contributed by atoms with Gasteiger partial charge in [-0.3, -0.25) is 9.78 Å². The van der Waals surface area contributed by atoms with Crippen LogP contribution in [-0.2, 0) is 16.1 Å². The average Bonchev–Trinajstić information content (AvgIpc) is 3.52. The van der Waals surface area contributed by atoms with Crippen molar-refractivity contribution in [3.8, 4) is 28.3 Å². The van der Waals surface area contributed by atoms with E-state index in [1.54, 1.807) is 12.1 Å². The van der Waals surface area contributed by atoms with Gasteiger partial charge in [0, 0.05) is 29.5 Å². The van der Waals surface area contributed by atoms with Crippen molar-refractivity contribution in [2.75, 3.05) is 0 Å². The van der Waals surface area contributed by atoms with Gasteiger partial charge in [-0.1, -0.05) is 85.8 Å². The van der Waals surface area contributed by atoms with Crippen molar-refractivity contribution < 1.29 is 24.1 Å². The van der Waals surface area contributed by atoms with E-state index >= 15 is 0 Å². The molecule has 0 unspecified atom stereocenters. The Morgan fingerprint density at radius 3 is 2.46 bits per heavy atom. The normalized spacial score (nSPS) is 16.9. The first kappa shape index (κ1) is 24.5. The number of nitrogens with zero attached hydrogens (tertiary/aromatic N) is 1. The maximum Gasteiger partial charge on any atom is 0.355 e. The van der Waals surface area contributed by atoms with Crippen LogP contribution in [0.3, 0.4) is 0 Å². The Morgan fingerprint density at radius 1 is 1.00 bits per heavy atom. The quantitative estimate of drug-likeness (QED) is 0.203. The molecule has 5 rings (SSSR count). The van der Waals surface area contributed by atoms with Crippen molar-refractivity contribution in [2.24, 2.45) is 0 Å². The third-order valence-electron chi connectivity index (χ3n) is 6.43. The second kappa shape index (κ2) is 10.8. The first-order chi connectivity index (χ1) is 18.1. The molecule has 1 aliphatic rings. The molecule has 188 valence electrons. The second-order valence-corrected chi connectivity index (χ2v) is 9.23. The Hall–Kier alpha value is -4.16. The van der Waals surface area contributed by atoms with Crippen molar-refractivity contribution in [3.63, 3.8) is 0 Å². The molecule has 0 aliphatic heterocycles. The first-order valence-electron chi connectivity index (χ1n) is 12.6. The fraction of sp³-hybridized carbons (Fsp3) is 0.226. The van der Waals surface area contributed by atoms with Crippen LogP contribution in [0.1, 0.15) is 44.1 Å². The summed E-state index contributed by atoms with van der Waals surface area (Å²) in [5, 5.41) is 11.8. The summed E-state index contributed by atoms with van der Waals surface area (Å²) in [5.74, 6) is 1.07. The van der Waals surface area contributed by atoms with Crippen molar-refractivity contribution in [1.29, 1.82) is 0 Å². The summed E-state index contributed by atoms with van der Waals surface area (Å²) in [7, 11) is 0. The van der Waals surface area contributed by atoms with Gasteiger partial charge in [0.1, 0.15) is 5.69 Å². The van der Waals surface area contributed by atoms with Crippen molar-refractivity contribution in [3.05, 3.63) is 102 Å². The van der Waals surface area contributed by atoms with Crippen molar-refractivity contribution in [1.82, 2.24) is 4.98 Å². The summed E-state index contributed by atoms with van der Waals surface area (Å²) >= 11 is 0. The molecule has 37 heavy (non-hydrogen) atoms. The fourth-order valence-corrected chi connectivity index (χ4v) is 4.65. The number of allylic oxidation sites excluding steroid dienone is 1. The minimum Gasteiger partial charge on any atom is -0.436 e. The predicted octanol–water partition coefficient (Wildman–Crippen LogP) is 6.80. The number of hydrogen-bond donors (Lipinski definition) is 1. The van der Waals surface area contributed by atoms with Gasteiger partial charge in [-0.05, 0) is 37.0 Å². The van der Waals surface area contributed by atoms with Gasteiger partial charge in [-0.25, -0.2) is 9.78 Å². The van der Waals surface area contributed by atoms with E-state index in [-0.39, 0.29) is 0 Å². The summed E-state index contributed by atoms with van der Waals surface area (Å²) in [6, 6.07) is 27.0. The molecule has 0 bridgehead atoms. The number of benzene rings is 3. The standard InChI is InChI=1S/C31H29NO5/c1-2-11-27(33)37-36-25-17-9-12-22(20-25)21-31(34)19-10-18-26(31)30-32-28(23-13-5-3-6-14-23)29(35-30)24-15-7-4-8-16-24/h3-9,12-18,20,34H,2,10-11,19,21H2,1H3/t31-/m0/s1. The number of carbonyl (C=O) groups excluding carboxylic acids is 1. The van der Waals surface area contributed by atoms with E-state index in [2.05, 4.69) is 0 Å². The molecule has 0 saturated heterocycles. The van der Waals surface area contributed by atoms with Gasteiger partial charge in [-0.15, -0.1) is 0 Å². The summed E-state index contributed by atoms with van der Waals surface area (Å²) in [4.78, 5) is 26.6. The highest BCUT2D eigenvalue weighted by atomic mass is 17.2. The molecule has 0 fully saturated rings. The number of carbonyl (C=O) groups is 1. The third kappa shape index (κ3) is 5.49. The Labute approximate surface area is 216 Å². The van der Waals surface area contributed by atoms with E-state index in [0.29, 0.717) is 55.1 Å². The predicted molar refractivity (Wildman–Crippen MR) is 141 cm³/mol. The molecule has 1 aliphatic carbocycles. The lowest BCUT2D eigenvalue weighted by atomic mass is 9.88.